The van der Waals surface area contributed by atoms with Gasteiger partial charge in [0.05, 0.1) is 10.9 Å². The Hall–Kier alpha value is -0.980. The maximum atomic E-state index is 13.0. The van der Waals surface area contributed by atoms with Crippen LogP contribution in [0, 0.1) is 16.3 Å². The zero-order valence-corrected chi connectivity index (χ0v) is 9.33. The van der Waals surface area contributed by atoms with Crippen LogP contribution < -0.4 is 5.63 Å². The highest BCUT2D eigenvalue weighted by atomic mass is 127. The van der Waals surface area contributed by atoms with Gasteiger partial charge in [-0.05, 0) is 34.7 Å². The van der Waals surface area contributed by atoms with E-state index < -0.39 is 11.4 Å². The predicted molar refractivity (Wildman–Crippen MR) is 57.7 cm³/mol. The van der Waals surface area contributed by atoms with Crippen molar-refractivity contribution in [3.05, 3.63) is 37.8 Å². The summed E-state index contributed by atoms with van der Waals surface area (Å²) in [6.07, 6.45) is 0. The van der Waals surface area contributed by atoms with E-state index in [0.29, 0.717) is 9.09 Å². The Morgan fingerprint density at radius 2 is 2.21 bits per heavy atom. The van der Waals surface area contributed by atoms with Crippen molar-refractivity contribution in [3.63, 3.8) is 0 Å². The van der Waals surface area contributed by atoms with E-state index in [9.17, 15) is 9.18 Å². The molecule has 0 aliphatic rings. The van der Waals surface area contributed by atoms with Crippen LogP contribution in [0.25, 0.3) is 10.9 Å². The minimum Gasteiger partial charge on any atom is -0.408 e. The van der Waals surface area contributed by atoms with Crippen molar-refractivity contribution in [1.82, 2.24) is 4.98 Å². The Labute approximate surface area is 92.1 Å². The zero-order chi connectivity index (χ0) is 10.3. The highest BCUT2D eigenvalue weighted by Crippen LogP contribution is 2.18. The first-order valence-electron chi connectivity index (χ1n) is 3.84. The third-order valence-corrected chi connectivity index (χ3v) is 2.58. The Kier molecular flexibility index (Phi) is 2.26. The lowest BCUT2D eigenvalue weighted by molar-refractivity contribution is 0.466. The molecule has 0 aliphatic heterocycles. The molecule has 1 aromatic carbocycles. The molecule has 0 N–H and O–H groups in total. The number of benzene rings is 1. The average molecular weight is 305 g/mol. The number of aromatic nitrogens is 1. The van der Waals surface area contributed by atoms with Crippen LogP contribution in [0.4, 0.5) is 4.39 Å². The number of nitrogens with zero attached hydrogens (tertiary/aromatic N) is 1. The Bertz CT molecular complexity index is 564. The second kappa shape index (κ2) is 3.30. The summed E-state index contributed by atoms with van der Waals surface area (Å²) in [6, 6.07) is 2.46. The van der Waals surface area contributed by atoms with Crippen molar-refractivity contribution in [2.24, 2.45) is 0 Å². The summed E-state index contributed by atoms with van der Waals surface area (Å²) in [7, 11) is 0. The van der Waals surface area contributed by atoms with Gasteiger partial charge in [0, 0.05) is 10.5 Å². The van der Waals surface area contributed by atoms with Crippen LogP contribution in [0.2, 0.25) is 0 Å². The van der Waals surface area contributed by atoms with E-state index in [0.717, 1.165) is 6.07 Å². The average Bonchev–Trinajstić information content (AvgIpc) is 2.07. The predicted octanol–water partition coefficient (Wildman–Crippen LogP) is 2.24. The molecule has 0 unspecified atom stereocenters. The monoisotopic (exact) mass is 305 g/mol. The first kappa shape index (κ1) is 9.57. The van der Waals surface area contributed by atoms with E-state index in [1.165, 1.54) is 6.07 Å². The van der Waals surface area contributed by atoms with Crippen molar-refractivity contribution in [1.29, 1.82) is 0 Å². The van der Waals surface area contributed by atoms with Crippen molar-refractivity contribution < 1.29 is 8.81 Å². The summed E-state index contributed by atoms with van der Waals surface area (Å²) in [5.74, 6) is -0.174. The maximum Gasteiger partial charge on any atom is 0.346 e. The molecule has 2 aromatic rings. The van der Waals surface area contributed by atoms with Crippen molar-refractivity contribution in [2.75, 3.05) is 0 Å². The molecule has 0 aliphatic carbocycles. The number of aryl methyl sites for hydroxylation is 1. The molecule has 0 radical (unpaired) electrons. The third kappa shape index (κ3) is 1.52. The summed E-state index contributed by atoms with van der Waals surface area (Å²) in [6.45, 7) is 1.58. The van der Waals surface area contributed by atoms with Crippen molar-refractivity contribution >= 4 is 33.5 Å². The third-order valence-electron chi connectivity index (χ3n) is 1.76. The Morgan fingerprint density at radius 3 is 2.93 bits per heavy atom. The van der Waals surface area contributed by atoms with Gasteiger partial charge in [0.1, 0.15) is 5.82 Å². The largest absolute Gasteiger partial charge is 0.408 e. The zero-order valence-electron chi connectivity index (χ0n) is 7.17. The van der Waals surface area contributed by atoms with Gasteiger partial charge in [0.25, 0.3) is 0 Å². The topological polar surface area (TPSA) is 43.1 Å². The van der Waals surface area contributed by atoms with Gasteiger partial charge < -0.3 is 4.42 Å². The number of halogens is 2. The van der Waals surface area contributed by atoms with Gasteiger partial charge in [-0.25, -0.2) is 14.2 Å². The molecule has 0 amide bonds. The fourth-order valence-electron chi connectivity index (χ4n) is 1.20. The van der Waals surface area contributed by atoms with Gasteiger partial charge in [-0.2, -0.15) is 0 Å². The number of fused-ring (bicyclic) bond motifs is 1. The van der Waals surface area contributed by atoms with Crippen LogP contribution in [-0.2, 0) is 0 Å². The van der Waals surface area contributed by atoms with Crippen LogP contribution in [-0.4, -0.2) is 4.98 Å². The van der Waals surface area contributed by atoms with Crippen molar-refractivity contribution in [3.8, 4) is 0 Å². The van der Waals surface area contributed by atoms with Crippen LogP contribution in [0.15, 0.2) is 21.3 Å². The molecular weight excluding hydrogens is 300 g/mol. The smallest absolute Gasteiger partial charge is 0.346 e. The minimum absolute atomic E-state index is 0.181. The van der Waals surface area contributed by atoms with E-state index >= 15 is 0 Å². The molecule has 5 heteroatoms. The van der Waals surface area contributed by atoms with Gasteiger partial charge in [0.15, 0.2) is 5.89 Å². The van der Waals surface area contributed by atoms with E-state index in [1.54, 1.807) is 6.92 Å². The first-order valence-corrected chi connectivity index (χ1v) is 4.92. The van der Waals surface area contributed by atoms with E-state index in [-0.39, 0.29) is 11.3 Å². The summed E-state index contributed by atoms with van der Waals surface area (Å²) < 4.78 is 18.3. The second-order valence-corrected chi connectivity index (χ2v) is 3.97. The molecule has 0 atom stereocenters. The van der Waals surface area contributed by atoms with Gasteiger partial charge in [-0.3, -0.25) is 0 Å². The molecule has 2 rings (SSSR count). The maximum absolute atomic E-state index is 13.0. The molecule has 14 heavy (non-hydrogen) atoms. The molecule has 0 bridgehead atoms. The molecule has 3 nitrogen and oxygen atoms in total. The van der Waals surface area contributed by atoms with Crippen LogP contribution in [0.5, 0.6) is 0 Å². The lowest BCUT2D eigenvalue weighted by atomic mass is 10.2. The quantitative estimate of drug-likeness (QED) is 0.701. The molecule has 0 saturated carbocycles. The molecule has 0 saturated heterocycles. The number of hydrogen-bond donors (Lipinski definition) is 0. The summed E-state index contributed by atoms with van der Waals surface area (Å²) in [4.78, 5) is 15.4. The van der Waals surface area contributed by atoms with E-state index in [1.807, 2.05) is 22.6 Å². The van der Waals surface area contributed by atoms with Crippen LogP contribution >= 0.6 is 22.6 Å². The summed E-state index contributed by atoms with van der Waals surface area (Å²) in [5, 5.41) is 0.181. The normalized spacial score (nSPS) is 10.8. The summed E-state index contributed by atoms with van der Waals surface area (Å²) >= 11 is 1.93. The van der Waals surface area contributed by atoms with Gasteiger partial charge in [0.2, 0.25) is 0 Å². The first-order chi connectivity index (χ1) is 6.58. The van der Waals surface area contributed by atoms with Gasteiger partial charge >= 0.3 is 5.63 Å². The highest BCUT2D eigenvalue weighted by molar-refractivity contribution is 14.1. The lowest BCUT2D eigenvalue weighted by Crippen LogP contribution is -2.04. The van der Waals surface area contributed by atoms with Crippen molar-refractivity contribution in [2.45, 2.75) is 6.92 Å². The van der Waals surface area contributed by atoms with Gasteiger partial charge in [-0.15, -0.1) is 0 Å². The second-order valence-electron chi connectivity index (χ2n) is 2.80. The Balaban J connectivity index is 3.02. The molecular formula is C9H5FINO2. The van der Waals surface area contributed by atoms with E-state index in [2.05, 4.69) is 4.98 Å². The SMILES string of the molecule is Cc1nc2c(I)cc(F)cc2c(=O)o1. The number of rotatable bonds is 0. The van der Waals surface area contributed by atoms with Gasteiger partial charge in [-0.1, -0.05) is 0 Å². The standard InChI is InChI=1S/C9H5FINO2/c1-4-12-8-6(9(13)14-4)2-5(10)3-7(8)11/h2-3H,1H3. The molecule has 1 heterocycles. The molecule has 72 valence electrons. The highest BCUT2D eigenvalue weighted by Gasteiger charge is 2.08. The minimum atomic E-state index is -0.551. The summed E-state index contributed by atoms with van der Waals surface area (Å²) in [5.41, 5.74) is -0.0642. The van der Waals surface area contributed by atoms with Crippen LogP contribution in [0.3, 0.4) is 0 Å². The lowest BCUT2D eigenvalue weighted by Gasteiger charge is -1.99. The molecule has 0 spiro atoms. The number of hydrogen-bond acceptors (Lipinski definition) is 3. The molecule has 0 fully saturated rings. The van der Waals surface area contributed by atoms with Crippen LogP contribution in [0.1, 0.15) is 5.89 Å². The van der Waals surface area contributed by atoms with E-state index in [4.69, 9.17) is 4.42 Å². The fraction of sp³-hybridized carbons (Fsp3) is 0.111. The Morgan fingerprint density at radius 1 is 1.50 bits per heavy atom. The fourth-order valence-corrected chi connectivity index (χ4v) is 1.91. The molecule has 1 aromatic heterocycles.